The molecule has 1 heterocycles. The maximum absolute atomic E-state index is 14.2. The zero-order valence-corrected chi connectivity index (χ0v) is 11.6. The monoisotopic (exact) mass is 286 g/mol. The van der Waals surface area contributed by atoms with Gasteiger partial charge >= 0.3 is 0 Å². The van der Waals surface area contributed by atoms with Crippen LogP contribution in [-0.2, 0) is 0 Å². The van der Waals surface area contributed by atoms with Crippen molar-refractivity contribution in [2.75, 3.05) is 0 Å². The maximum Gasteiger partial charge on any atom is 0.151 e. The zero-order chi connectivity index (χ0) is 14.1. The summed E-state index contributed by atoms with van der Waals surface area (Å²) in [5.41, 5.74) is 3.76. The number of hydrogen-bond donors (Lipinski definition) is 1. The minimum atomic E-state index is -0.446. The van der Waals surface area contributed by atoms with Crippen LogP contribution in [0.1, 0.15) is 5.69 Å². The highest BCUT2D eigenvalue weighted by Gasteiger charge is 2.18. The van der Waals surface area contributed by atoms with Crippen molar-refractivity contribution < 1.29 is 4.39 Å². The first-order chi connectivity index (χ1) is 9.68. The summed E-state index contributed by atoms with van der Waals surface area (Å²) in [6.07, 6.45) is 0. The molecule has 3 rings (SSSR count). The van der Waals surface area contributed by atoms with Gasteiger partial charge in [0.1, 0.15) is 5.69 Å². The lowest BCUT2D eigenvalue weighted by Gasteiger charge is -2.06. The molecular weight excluding hydrogens is 275 g/mol. The number of aromatic nitrogens is 2. The number of nitrogens with zero attached hydrogens (tertiary/aromatic N) is 1. The number of aromatic amines is 1. The van der Waals surface area contributed by atoms with Crippen molar-refractivity contribution in [1.82, 2.24) is 10.2 Å². The molecule has 0 spiro atoms. The first kappa shape index (κ1) is 12.9. The van der Waals surface area contributed by atoms with Crippen LogP contribution in [0.5, 0.6) is 0 Å². The summed E-state index contributed by atoms with van der Waals surface area (Å²) in [7, 11) is 0. The van der Waals surface area contributed by atoms with Gasteiger partial charge in [0.15, 0.2) is 5.82 Å². The fourth-order valence-electron chi connectivity index (χ4n) is 2.27. The van der Waals surface area contributed by atoms with Gasteiger partial charge in [0, 0.05) is 16.8 Å². The van der Waals surface area contributed by atoms with E-state index in [0.29, 0.717) is 11.3 Å². The molecule has 0 bridgehead atoms. The van der Waals surface area contributed by atoms with Gasteiger partial charge in [0.25, 0.3) is 0 Å². The number of benzene rings is 2. The molecule has 0 unspecified atom stereocenters. The summed E-state index contributed by atoms with van der Waals surface area (Å²) in [5.74, 6) is -0.446. The fourth-order valence-corrected chi connectivity index (χ4v) is 2.44. The van der Waals surface area contributed by atoms with Crippen LogP contribution in [0, 0.1) is 12.7 Å². The van der Waals surface area contributed by atoms with Crippen molar-refractivity contribution >= 4 is 11.6 Å². The summed E-state index contributed by atoms with van der Waals surface area (Å²) >= 11 is 5.86. The molecule has 0 saturated heterocycles. The molecule has 4 heteroatoms. The Hall–Kier alpha value is -2.13. The van der Waals surface area contributed by atoms with E-state index >= 15 is 0 Å². The number of hydrogen-bond acceptors (Lipinski definition) is 1. The molecule has 0 amide bonds. The molecule has 20 heavy (non-hydrogen) atoms. The first-order valence-electron chi connectivity index (χ1n) is 6.23. The van der Waals surface area contributed by atoms with E-state index in [-0.39, 0.29) is 5.02 Å². The second-order valence-electron chi connectivity index (χ2n) is 4.54. The van der Waals surface area contributed by atoms with Gasteiger partial charge in [-0.3, -0.25) is 5.10 Å². The third kappa shape index (κ3) is 2.10. The molecule has 0 radical (unpaired) electrons. The molecule has 2 nitrogen and oxygen atoms in total. The van der Waals surface area contributed by atoms with Gasteiger partial charge in [-0.05, 0) is 24.6 Å². The third-order valence-electron chi connectivity index (χ3n) is 3.22. The minimum Gasteiger partial charge on any atom is -0.282 e. The van der Waals surface area contributed by atoms with Gasteiger partial charge in [-0.2, -0.15) is 5.10 Å². The highest BCUT2D eigenvalue weighted by atomic mass is 35.5. The Labute approximate surface area is 121 Å². The van der Waals surface area contributed by atoms with E-state index in [2.05, 4.69) is 10.2 Å². The Balaban J connectivity index is 2.24. The molecule has 3 aromatic rings. The summed E-state index contributed by atoms with van der Waals surface area (Å²) < 4.78 is 14.2. The largest absolute Gasteiger partial charge is 0.282 e. The van der Waals surface area contributed by atoms with Crippen molar-refractivity contribution in [3.8, 4) is 22.4 Å². The predicted octanol–water partition coefficient (Wildman–Crippen LogP) is 4.84. The molecular formula is C16H12ClFN2. The highest BCUT2D eigenvalue weighted by Crippen LogP contribution is 2.35. The Morgan fingerprint density at radius 1 is 1.05 bits per heavy atom. The molecule has 0 aliphatic heterocycles. The first-order valence-corrected chi connectivity index (χ1v) is 6.61. The lowest BCUT2D eigenvalue weighted by Crippen LogP contribution is -1.89. The molecule has 0 atom stereocenters. The van der Waals surface area contributed by atoms with Gasteiger partial charge < -0.3 is 0 Å². The summed E-state index contributed by atoms with van der Waals surface area (Å²) in [5, 5.41) is 7.26. The van der Waals surface area contributed by atoms with E-state index in [1.807, 2.05) is 37.3 Å². The van der Waals surface area contributed by atoms with Crippen molar-refractivity contribution in [2.45, 2.75) is 6.92 Å². The second-order valence-corrected chi connectivity index (χ2v) is 4.95. The van der Waals surface area contributed by atoms with Gasteiger partial charge in [-0.25, -0.2) is 4.39 Å². The van der Waals surface area contributed by atoms with Crippen LogP contribution in [-0.4, -0.2) is 10.2 Å². The fraction of sp³-hybridized carbons (Fsp3) is 0.0625. The molecule has 100 valence electrons. The molecule has 0 fully saturated rings. The maximum atomic E-state index is 14.2. The summed E-state index contributed by atoms with van der Waals surface area (Å²) in [4.78, 5) is 0. The Morgan fingerprint density at radius 3 is 2.55 bits per heavy atom. The van der Waals surface area contributed by atoms with Crippen LogP contribution < -0.4 is 0 Å². The number of halogens is 2. The highest BCUT2D eigenvalue weighted by molar-refractivity contribution is 6.31. The van der Waals surface area contributed by atoms with Gasteiger partial charge in [-0.15, -0.1) is 0 Å². The number of nitrogens with one attached hydrogen (secondary N) is 1. The van der Waals surface area contributed by atoms with Crippen molar-refractivity contribution in [3.63, 3.8) is 0 Å². The van der Waals surface area contributed by atoms with Crippen LogP contribution in [0.15, 0.2) is 48.5 Å². The number of rotatable bonds is 2. The van der Waals surface area contributed by atoms with Gasteiger partial charge in [-0.1, -0.05) is 48.0 Å². The molecule has 1 aromatic heterocycles. The van der Waals surface area contributed by atoms with E-state index in [4.69, 9.17) is 11.6 Å². The lowest BCUT2D eigenvalue weighted by atomic mass is 9.99. The summed E-state index contributed by atoms with van der Waals surface area (Å²) in [6, 6.07) is 14.7. The Morgan fingerprint density at radius 2 is 1.80 bits per heavy atom. The van der Waals surface area contributed by atoms with E-state index in [1.165, 1.54) is 6.07 Å². The molecule has 2 aromatic carbocycles. The zero-order valence-electron chi connectivity index (χ0n) is 10.8. The minimum absolute atomic E-state index is 0.0992. The van der Waals surface area contributed by atoms with Crippen LogP contribution in [0.25, 0.3) is 22.4 Å². The SMILES string of the molecule is Cc1[nH]nc(-c2cccc(Cl)c2F)c1-c1ccccc1. The average Bonchev–Trinajstić information content (AvgIpc) is 2.84. The van der Waals surface area contributed by atoms with Gasteiger partial charge in [0.2, 0.25) is 0 Å². The van der Waals surface area contributed by atoms with E-state index < -0.39 is 5.82 Å². The smallest absolute Gasteiger partial charge is 0.151 e. The predicted molar refractivity (Wildman–Crippen MR) is 79.2 cm³/mol. The number of aryl methyl sites for hydroxylation is 1. The van der Waals surface area contributed by atoms with E-state index in [0.717, 1.165) is 16.8 Å². The van der Waals surface area contributed by atoms with Crippen LogP contribution in [0.3, 0.4) is 0 Å². The van der Waals surface area contributed by atoms with Crippen LogP contribution in [0.4, 0.5) is 4.39 Å². The van der Waals surface area contributed by atoms with Gasteiger partial charge in [0.05, 0.1) is 5.02 Å². The summed E-state index contributed by atoms with van der Waals surface area (Å²) in [6.45, 7) is 1.92. The van der Waals surface area contributed by atoms with Crippen molar-refractivity contribution in [2.24, 2.45) is 0 Å². The van der Waals surface area contributed by atoms with E-state index in [1.54, 1.807) is 12.1 Å². The molecule has 0 aliphatic rings. The van der Waals surface area contributed by atoms with Crippen molar-refractivity contribution in [3.05, 3.63) is 65.1 Å². The average molecular weight is 287 g/mol. The number of H-pyrrole nitrogens is 1. The lowest BCUT2D eigenvalue weighted by molar-refractivity contribution is 0.631. The topological polar surface area (TPSA) is 28.7 Å². The van der Waals surface area contributed by atoms with Crippen LogP contribution in [0.2, 0.25) is 5.02 Å². The molecule has 1 N–H and O–H groups in total. The molecule has 0 aliphatic carbocycles. The van der Waals surface area contributed by atoms with Crippen LogP contribution >= 0.6 is 11.6 Å². The standard InChI is InChI=1S/C16H12ClFN2/c1-10-14(11-6-3-2-4-7-11)16(20-19-10)12-8-5-9-13(17)15(12)18/h2-9H,1H3,(H,19,20). The quantitative estimate of drug-likeness (QED) is 0.717. The molecule has 0 saturated carbocycles. The Kier molecular flexibility index (Phi) is 3.28. The normalized spacial score (nSPS) is 10.8. The third-order valence-corrected chi connectivity index (χ3v) is 3.51. The second kappa shape index (κ2) is 5.10. The Bertz CT molecular complexity index is 750. The van der Waals surface area contributed by atoms with Crippen molar-refractivity contribution in [1.29, 1.82) is 0 Å². The van der Waals surface area contributed by atoms with E-state index in [9.17, 15) is 4.39 Å².